The molecule has 0 bridgehead atoms. The van der Waals surface area contributed by atoms with Crippen LogP contribution in [0.15, 0.2) is 48.5 Å². The molecule has 1 spiro atoms. The van der Waals surface area contributed by atoms with Crippen molar-refractivity contribution in [3.05, 3.63) is 65.2 Å². The number of benzene rings is 2. The quantitative estimate of drug-likeness (QED) is 0.755. The number of fused-ring (bicyclic) bond motifs is 2. The van der Waals surface area contributed by atoms with Crippen molar-refractivity contribution in [1.82, 2.24) is 9.80 Å². The summed E-state index contributed by atoms with van der Waals surface area (Å²) in [5, 5.41) is 0. The maximum absolute atomic E-state index is 13.1. The number of carbonyl (C=O) groups is 2. The van der Waals surface area contributed by atoms with Crippen molar-refractivity contribution < 1.29 is 9.59 Å². The van der Waals surface area contributed by atoms with Gasteiger partial charge in [0.2, 0.25) is 5.91 Å². The summed E-state index contributed by atoms with van der Waals surface area (Å²) in [5.74, 6) is 0.573. The molecule has 1 heterocycles. The molecule has 0 saturated carbocycles. The Hall–Kier alpha value is -2.82. The molecule has 0 radical (unpaired) electrons. The van der Waals surface area contributed by atoms with Crippen LogP contribution in [0.25, 0.3) is 0 Å². The van der Waals surface area contributed by atoms with E-state index in [1.165, 1.54) is 11.1 Å². The van der Waals surface area contributed by atoms with E-state index in [1.54, 1.807) is 4.90 Å². The molecule has 5 heteroatoms. The maximum Gasteiger partial charge on any atom is 0.253 e. The van der Waals surface area contributed by atoms with Gasteiger partial charge in [-0.05, 0) is 66.0 Å². The molecule has 2 amide bonds. The lowest BCUT2D eigenvalue weighted by Gasteiger charge is -2.40. The Bertz CT molecular complexity index is 957. The highest BCUT2D eigenvalue weighted by atomic mass is 16.2. The van der Waals surface area contributed by atoms with E-state index in [4.69, 9.17) is 0 Å². The number of carbonyl (C=O) groups excluding carboxylic acids is 2. The summed E-state index contributed by atoms with van der Waals surface area (Å²) in [6.45, 7) is 1.52. The van der Waals surface area contributed by atoms with Gasteiger partial charge in [0.1, 0.15) is 0 Å². The first kappa shape index (κ1) is 21.4. The van der Waals surface area contributed by atoms with Gasteiger partial charge in [-0.2, -0.15) is 0 Å². The number of anilines is 1. The summed E-state index contributed by atoms with van der Waals surface area (Å²) >= 11 is 0. The van der Waals surface area contributed by atoms with Crippen LogP contribution in [-0.2, 0) is 10.2 Å². The van der Waals surface area contributed by atoms with E-state index in [0.29, 0.717) is 6.42 Å². The molecule has 0 aromatic heterocycles. The Kier molecular flexibility index (Phi) is 5.78. The zero-order valence-corrected chi connectivity index (χ0v) is 19.1. The zero-order valence-electron chi connectivity index (χ0n) is 19.1. The minimum atomic E-state index is 0.0828. The van der Waals surface area contributed by atoms with Crippen LogP contribution < -0.4 is 4.90 Å². The lowest BCUT2D eigenvalue weighted by Crippen LogP contribution is -2.44. The van der Waals surface area contributed by atoms with Gasteiger partial charge in [-0.3, -0.25) is 9.59 Å². The Morgan fingerprint density at radius 2 is 1.61 bits per heavy atom. The molecular formula is C26H33N3O2. The van der Waals surface area contributed by atoms with E-state index >= 15 is 0 Å². The van der Waals surface area contributed by atoms with Crippen molar-refractivity contribution in [3.8, 4) is 0 Å². The van der Waals surface area contributed by atoms with E-state index in [1.807, 2.05) is 62.3 Å². The van der Waals surface area contributed by atoms with Gasteiger partial charge < -0.3 is 14.7 Å². The van der Waals surface area contributed by atoms with Crippen LogP contribution in [0.1, 0.15) is 53.1 Å². The fraction of sp³-hybridized carbons (Fsp3) is 0.462. The molecule has 1 fully saturated rings. The number of hydrogen-bond donors (Lipinski definition) is 0. The molecule has 4 rings (SSSR count). The molecule has 164 valence electrons. The van der Waals surface area contributed by atoms with Gasteiger partial charge in [0.25, 0.3) is 5.91 Å². The van der Waals surface area contributed by atoms with Crippen molar-refractivity contribution in [2.24, 2.45) is 0 Å². The van der Waals surface area contributed by atoms with Crippen LogP contribution in [0.3, 0.4) is 0 Å². The predicted octanol–water partition coefficient (Wildman–Crippen LogP) is 3.89. The molecule has 2 aliphatic rings. The van der Waals surface area contributed by atoms with Gasteiger partial charge in [0, 0.05) is 59.0 Å². The zero-order chi connectivity index (χ0) is 22.2. The van der Waals surface area contributed by atoms with E-state index in [-0.39, 0.29) is 23.1 Å². The Labute approximate surface area is 185 Å². The molecule has 5 nitrogen and oxygen atoms in total. The molecule has 1 unspecified atom stereocenters. The summed E-state index contributed by atoms with van der Waals surface area (Å²) in [5.41, 5.74) is 4.66. The first-order valence-corrected chi connectivity index (χ1v) is 11.2. The second kappa shape index (κ2) is 8.37. The number of nitrogens with zero attached hydrogens (tertiary/aromatic N) is 3. The highest BCUT2D eigenvalue weighted by Crippen LogP contribution is 2.52. The number of hydrogen-bond acceptors (Lipinski definition) is 3. The fourth-order valence-corrected chi connectivity index (χ4v) is 5.30. The monoisotopic (exact) mass is 419 g/mol. The minimum Gasteiger partial charge on any atom is -0.378 e. The van der Waals surface area contributed by atoms with Crippen LogP contribution in [0, 0.1) is 0 Å². The Balaban J connectivity index is 1.48. The molecule has 31 heavy (non-hydrogen) atoms. The normalized spacial score (nSPS) is 19.2. The van der Waals surface area contributed by atoms with Gasteiger partial charge >= 0.3 is 0 Å². The average molecular weight is 420 g/mol. The number of likely N-dealkylation sites (tertiary alicyclic amines) is 1. The second-order valence-electron chi connectivity index (χ2n) is 9.49. The van der Waals surface area contributed by atoms with Crippen molar-refractivity contribution in [2.45, 2.75) is 37.0 Å². The topological polar surface area (TPSA) is 43.9 Å². The largest absolute Gasteiger partial charge is 0.378 e. The van der Waals surface area contributed by atoms with Crippen LogP contribution >= 0.6 is 0 Å². The Morgan fingerprint density at radius 1 is 0.968 bits per heavy atom. The van der Waals surface area contributed by atoms with Gasteiger partial charge in [-0.25, -0.2) is 0 Å². The van der Waals surface area contributed by atoms with Crippen LogP contribution in [-0.4, -0.2) is 62.9 Å². The number of rotatable bonds is 4. The van der Waals surface area contributed by atoms with Gasteiger partial charge in [0.05, 0.1) is 0 Å². The third kappa shape index (κ3) is 4.06. The molecule has 2 aromatic carbocycles. The van der Waals surface area contributed by atoms with Crippen molar-refractivity contribution in [1.29, 1.82) is 0 Å². The van der Waals surface area contributed by atoms with Crippen LogP contribution in [0.2, 0.25) is 0 Å². The smallest absolute Gasteiger partial charge is 0.253 e. The predicted molar refractivity (Wildman–Crippen MR) is 125 cm³/mol. The minimum absolute atomic E-state index is 0.0828. The SMILES string of the molecule is CN(C)C(=O)CC1CC2(CCN(C(=O)c3ccc(N(C)C)cc3)CC2)c2ccccc21. The molecule has 1 atom stereocenters. The summed E-state index contributed by atoms with van der Waals surface area (Å²) in [6, 6.07) is 16.5. The first-order valence-electron chi connectivity index (χ1n) is 11.2. The average Bonchev–Trinajstić information content (AvgIpc) is 3.07. The third-order valence-corrected chi connectivity index (χ3v) is 7.17. The molecule has 1 aliphatic carbocycles. The van der Waals surface area contributed by atoms with Crippen molar-refractivity contribution >= 4 is 17.5 Å². The summed E-state index contributed by atoms with van der Waals surface area (Å²) in [4.78, 5) is 31.2. The van der Waals surface area contributed by atoms with E-state index in [9.17, 15) is 9.59 Å². The van der Waals surface area contributed by atoms with E-state index < -0.39 is 0 Å². The summed E-state index contributed by atoms with van der Waals surface area (Å²) in [6.07, 6.45) is 3.48. The fourth-order valence-electron chi connectivity index (χ4n) is 5.30. The molecule has 1 aliphatic heterocycles. The lowest BCUT2D eigenvalue weighted by atomic mass is 9.73. The van der Waals surface area contributed by atoms with E-state index in [2.05, 4.69) is 24.3 Å². The highest BCUT2D eigenvalue weighted by Gasteiger charge is 2.46. The number of amides is 2. The van der Waals surface area contributed by atoms with E-state index in [0.717, 1.165) is 43.6 Å². The Morgan fingerprint density at radius 3 is 2.23 bits per heavy atom. The van der Waals surface area contributed by atoms with Gasteiger partial charge in [0.15, 0.2) is 0 Å². The summed E-state index contributed by atoms with van der Waals surface area (Å²) in [7, 11) is 7.65. The number of piperidine rings is 1. The summed E-state index contributed by atoms with van der Waals surface area (Å²) < 4.78 is 0. The first-order chi connectivity index (χ1) is 14.8. The standard InChI is InChI=1S/C26H33N3O2/c1-27(2)21-11-9-19(10-12-21)25(31)29-15-13-26(14-16-29)18-20(17-24(30)28(3)4)22-7-5-6-8-23(22)26/h5-12,20H,13-18H2,1-4H3. The van der Waals surface area contributed by atoms with Crippen LogP contribution in [0.4, 0.5) is 5.69 Å². The molecule has 2 aromatic rings. The molecule has 1 saturated heterocycles. The highest BCUT2D eigenvalue weighted by molar-refractivity contribution is 5.94. The second-order valence-corrected chi connectivity index (χ2v) is 9.49. The van der Waals surface area contributed by atoms with Crippen molar-refractivity contribution in [2.75, 3.05) is 46.2 Å². The third-order valence-electron chi connectivity index (χ3n) is 7.17. The maximum atomic E-state index is 13.1. The molecular weight excluding hydrogens is 386 g/mol. The van der Waals surface area contributed by atoms with Gasteiger partial charge in [-0.1, -0.05) is 24.3 Å². The molecule has 0 N–H and O–H groups in total. The van der Waals surface area contributed by atoms with Gasteiger partial charge in [-0.15, -0.1) is 0 Å². The van der Waals surface area contributed by atoms with Crippen molar-refractivity contribution in [3.63, 3.8) is 0 Å². The van der Waals surface area contributed by atoms with Crippen LogP contribution in [0.5, 0.6) is 0 Å². The lowest BCUT2D eigenvalue weighted by molar-refractivity contribution is -0.129.